The fraction of sp³-hybridized carbons (Fsp3) is 0.875. The zero-order chi connectivity index (χ0) is 8.04. The number of thiol groups is 1. The van der Waals surface area contributed by atoms with E-state index in [1.54, 1.807) is 0 Å². The predicted molar refractivity (Wildman–Crippen MR) is 50.3 cm³/mol. The van der Waals surface area contributed by atoms with Crippen LogP contribution in [0, 0.1) is 10.8 Å². The first-order valence-corrected chi connectivity index (χ1v) is 4.35. The summed E-state index contributed by atoms with van der Waals surface area (Å²) in [4.78, 5) is 0. The largest absolute Gasteiger partial charge is 0.313 e. The van der Waals surface area contributed by atoms with Crippen molar-refractivity contribution in [3.05, 3.63) is 0 Å². The Balaban J connectivity index is 3.36. The third-order valence-corrected chi connectivity index (χ3v) is 2.49. The Morgan fingerprint density at radius 3 is 2.50 bits per heavy atom. The molecular weight excluding hydrogens is 142 g/mol. The zero-order valence-electron chi connectivity index (χ0n) is 6.85. The molecule has 0 aliphatic carbocycles. The number of hydrogen-bond acceptors (Lipinski definition) is 2. The summed E-state index contributed by atoms with van der Waals surface area (Å²) >= 11 is 4.25. The Kier molecular flexibility index (Phi) is 4.79. The van der Waals surface area contributed by atoms with Crippen LogP contribution >= 0.6 is 12.6 Å². The molecule has 0 aliphatic heterocycles. The molecule has 0 unspecified atom stereocenters. The molecule has 2 heteroatoms. The molecular formula is C8H17NS. The van der Waals surface area contributed by atoms with E-state index in [0.29, 0.717) is 5.41 Å². The lowest BCUT2D eigenvalue weighted by Crippen LogP contribution is -2.12. The van der Waals surface area contributed by atoms with Crippen molar-refractivity contribution in [1.29, 1.82) is 5.41 Å². The molecule has 0 aromatic heterocycles. The van der Waals surface area contributed by atoms with Crippen LogP contribution in [0.5, 0.6) is 0 Å². The van der Waals surface area contributed by atoms with Crippen molar-refractivity contribution in [2.75, 3.05) is 5.75 Å². The van der Waals surface area contributed by atoms with Crippen molar-refractivity contribution in [3.8, 4) is 0 Å². The molecule has 0 fully saturated rings. The molecule has 0 atom stereocenters. The highest BCUT2D eigenvalue weighted by atomic mass is 32.1. The van der Waals surface area contributed by atoms with Crippen LogP contribution in [-0.4, -0.2) is 12.0 Å². The molecule has 10 heavy (non-hydrogen) atoms. The SMILES string of the molecule is CC(C)(CS)CCCC=N. The molecule has 0 aromatic rings. The molecule has 0 radical (unpaired) electrons. The molecule has 0 heterocycles. The van der Waals surface area contributed by atoms with Gasteiger partial charge in [-0.05, 0) is 36.6 Å². The van der Waals surface area contributed by atoms with E-state index in [1.165, 1.54) is 12.6 Å². The van der Waals surface area contributed by atoms with E-state index < -0.39 is 0 Å². The van der Waals surface area contributed by atoms with Gasteiger partial charge in [-0.15, -0.1) is 0 Å². The van der Waals surface area contributed by atoms with Gasteiger partial charge >= 0.3 is 0 Å². The molecule has 0 aromatic carbocycles. The highest BCUT2D eigenvalue weighted by Crippen LogP contribution is 2.23. The predicted octanol–water partition coefficient (Wildman–Crippen LogP) is 2.76. The standard InChI is InChI=1S/C8H17NS/c1-8(2,7-10)5-3-4-6-9/h6,9-10H,3-5,7H2,1-2H3. The first kappa shape index (κ1) is 10.0. The van der Waals surface area contributed by atoms with Crippen LogP contribution in [0.2, 0.25) is 0 Å². The van der Waals surface area contributed by atoms with Crippen LogP contribution in [0.3, 0.4) is 0 Å². The Morgan fingerprint density at radius 1 is 1.50 bits per heavy atom. The summed E-state index contributed by atoms with van der Waals surface area (Å²) in [6.07, 6.45) is 4.69. The quantitative estimate of drug-likeness (QED) is 0.350. The normalized spacial score (nSPS) is 11.5. The van der Waals surface area contributed by atoms with Crippen molar-refractivity contribution >= 4 is 18.8 Å². The van der Waals surface area contributed by atoms with Gasteiger partial charge in [-0.3, -0.25) is 0 Å². The zero-order valence-corrected chi connectivity index (χ0v) is 7.75. The lowest BCUT2D eigenvalue weighted by Gasteiger charge is -2.20. The summed E-state index contributed by atoms with van der Waals surface area (Å²) in [6.45, 7) is 4.42. The molecule has 0 amide bonds. The lowest BCUT2D eigenvalue weighted by atomic mass is 9.90. The smallest absolute Gasteiger partial charge is 0.00464 e. The monoisotopic (exact) mass is 159 g/mol. The van der Waals surface area contributed by atoms with Gasteiger partial charge < -0.3 is 5.41 Å². The van der Waals surface area contributed by atoms with Gasteiger partial charge in [0.1, 0.15) is 0 Å². The van der Waals surface area contributed by atoms with E-state index in [9.17, 15) is 0 Å². The Bertz CT molecular complexity index is 99.4. The van der Waals surface area contributed by atoms with Crippen molar-refractivity contribution in [1.82, 2.24) is 0 Å². The van der Waals surface area contributed by atoms with Gasteiger partial charge in [0, 0.05) is 0 Å². The molecule has 0 spiro atoms. The van der Waals surface area contributed by atoms with Crippen LogP contribution in [0.25, 0.3) is 0 Å². The minimum atomic E-state index is 0.353. The number of unbranched alkanes of at least 4 members (excludes halogenated alkanes) is 1. The highest BCUT2D eigenvalue weighted by molar-refractivity contribution is 7.80. The third-order valence-electron chi connectivity index (χ3n) is 1.63. The molecule has 0 bridgehead atoms. The summed E-state index contributed by atoms with van der Waals surface area (Å²) in [5.74, 6) is 0.936. The van der Waals surface area contributed by atoms with Crippen LogP contribution in [-0.2, 0) is 0 Å². The second-order valence-corrected chi connectivity index (χ2v) is 3.73. The van der Waals surface area contributed by atoms with Crippen molar-refractivity contribution in [3.63, 3.8) is 0 Å². The maximum atomic E-state index is 6.82. The van der Waals surface area contributed by atoms with Crippen LogP contribution in [0.4, 0.5) is 0 Å². The van der Waals surface area contributed by atoms with Gasteiger partial charge in [0.15, 0.2) is 0 Å². The molecule has 0 saturated heterocycles. The fourth-order valence-electron chi connectivity index (χ4n) is 0.762. The van der Waals surface area contributed by atoms with Gasteiger partial charge in [-0.1, -0.05) is 13.8 Å². The topological polar surface area (TPSA) is 23.9 Å². The van der Waals surface area contributed by atoms with Gasteiger partial charge in [-0.25, -0.2) is 0 Å². The highest BCUT2D eigenvalue weighted by Gasteiger charge is 2.13. The van der Waals surface area contributed by atoms with E-state index in [-0.39, 0.29) is 0 Å². The van der Waals surface area contributed by atoms with Crippen LogP contribution < -0.4 is 0 Å². The van der Waals surface area contributed by atoms with Crippen molar-refractivity contribution in [2.45, 2.75) is 33.1 Å². The Morgan fingerprint density at radius 2 is 2.10 bits per heavy atom. The molecule has 0 saturated carbocycles. The molecule has 0 rings (SSSR count). The first-order chi connectivity index (χ1) is 4.62. The molecule has 1 nitrogen and oxygen atoms in total. The summed E-state index contributed by atoms with van der Waals surface area (Å²) < 4.78 is 0. The minimum absolute atomic E-state index is 0.353. The second kappa shape index (κ2) is 4.78. The van der Waals surface area contributed by atoms with Crippen molar-refractivity contribution in [2.24, 2.45) is 5.41 Å². The van der Waals surface area contributed by atoms with E-state index in [0.717, 1.165) is 18.6 Å². The summed E-state index contributed by atoms with van der Waals surface area (Å²) in [5, 5.41) is 6.82. The van der Waals surface area contributed by atoms with E-state index in [4.69, 9.17) is 5.41 Å². The van der Waals surface area contributed by atoms with Gasteiger partial charge in [0.25, 0.3) is 0 Å². The summed E-state index contributed by atoms with van der Waals surface area (Å²) in [7, 11) is 0. The summed E-state index contributed by atoms with van der Waals surface area (Å²) in [6, 6.07) is 0. The Labute approximate surface area is 69.1 Å². The number of rotatable bonds is 5. The third kappa shape index (κ3) is 4.86. The fourth-order valence-corrected chi connectivity index (χ4v) is 0.920. The lowest BCUT2D eigenvalue weighted by molar-refractivity contribution is 0.379. The average molecular weight is 159 g/mol. The van der Waals surface area contributed by atoms with Gasteiger partial charge in [0.2, 0.25) is 0 Å². The average Bonchev–Trinajstić information content (AvgIpc) is 1.89. The minimum Gasteiger partial charge on any atom is -0.313 e. The van der Waals surface area contributed by atoms with Crippen molar-refractivity contribution < 1.29 is 0 Å². The van der Waals surface area contributed by atoms with Gasteiger partial charge in [-0.2, -0.15) is 12.6 Å². The van der Waals surface area contributed by atoms with Crippen LogP contribution in [0.1, 0.15) is 33.1 Å². The van der Waals surface area contributed by atoms with E-state index in [1.807, 2.05) is 0 Å². The molecule has 0 aliphatic rings. The second-order valence-electron chi connectivity index (χ2n) is 3.42. The summed E-state index contributed by atoms with van der Waals surface area (Å²) in [5.41, 5.74) is 0.353. The van der Waals surface area contributed by atoms with Crippen LogP contribution in [0.15, 0.2) is 0 Å². The van der Waals surface area contributed by atoms with E-state index in [2.05, 4.69) is 26.5 Å². The van der Waals surface area contributed by atoms with Gasteiger partial charge in [0.05, 0.1) is 0 Å². The molecule has 1 N–H and O–H groups in total. The maximum Gasteiger partial charge on any atom is -0.00464 e. The van der Waals surface area contributed by atoms with E-state index >= 15 is 0 Å². The maximum absolute atomic E-state index is 6.82. The Hall–Kier alpha value is 0.0200. The number of nitrogens with one attached hydrogen (secondary N) is 1. The molecule has 60 valence electrons. The number of hydrogen-bond donors (Lipinski definition) is 2. The first-order valence-electron chi connectivity index (χ1n) is 3.72.